The molecule has 0 amide bonds. The van der Waals surface area contributed by atoms with Crippen molar-refractivity contribution in [3.8, 4) is 0 Å². The highest BCUT2D eigenvalue weighted by molar-refractivity contribution is 9.10. The molecule has 2 rings (SSSR count). The van der Waals surface area contributed by atoms with Crippen molar-refractivity contribution in [1.82, 2.24) is 0 Å². The summed E-state index contributed by atoms with van der Waals surface area (Å²) in [6.45, 7) is 4.30. The van der Waals surface area contributed by atoms with Crippen LogP contribution >= 0.6 is 15.9 Å². The summed E-state index contributed by atoms with van der Waals surface area (Å²) in [5, 5.41) is 0. The molecule has 20 heavy (non-hydrogen) atoms. The van der Waals surface area contributed by atoms with Gasteiger partial charge in [0.15, 0.2) is 5.78 Å². The molecule has 0 aliphatic rings. The lowest BCUT2D eigenvalue weighted by atomic mass is 9.98. The van der Waals surface area contributed by atoms with Crippen molar-refractivity contribution in [3.63, 3.8) is 0 Å². The number of carbonyl (C=O) groups excluding carboxylic acids is 1. The molecule has 104 valence electrons. The molecule has 0 aromatic heterocycles. The highest BCUT2D eigenvalue weighted by Gasteiger charge is 2.14. The average Bonchev–Trinajstić information content (AvgIpc) is 2.41. The number of hydrogen-bond acceptors (Lipinski definition) is 1. The molecule has 0 N–H and O–H groups in total. The second-order valence-electron chi connectivity index (χ2n) is 5.25. The van der Waals surface area contributed by atoms with Gasteiger partial charge < -0.3 is 0 Å². The lowest BCUT2D eigenvalue weighted by Crippen LogP contribution is -2.05. The van der Waals surface area contributed by atoms with Crippen LogP contribution in [-0.2, 0) is 6.42 Å². The van der Waals surface area contributed by atoms with Crippen LogP contribution in [0.3, 0.4) is 0 Å². The molecule has 0 spiro atoms. The molecule has 0 bridgehead atoms. The second kappa shape index (κ2) is 6.31. The molecule has 1 nitrogen and oxygen atoms in total. The average molecular weight is 335 g/mol. The summed E-state index contributed by atoms with van der Waals surface area (Å²) in [6, 6.07) is 11.8. The van der Waals surface area contributed by atoms with Crippen molar-refractivity contribution in [1.29, 1.82) is 0 Å². The van der Waals surface area contributed by atoms with Gasteiger partial charge in [-0.05, 0) is 36.1 Å². The summed E-state index contributed by atoms with van der Waals surface area (Å²) in [7, 11) is 0. The first-order valence-corrected chi connectivity index (χ1v) is 7.35. The molecule has 2 aromatic rings. The van der Waals surface area contributed by atoms with Gasteiger partial charge in [-0.1, -0.05) is 54.0 Å². The van der Waals surface area contributed by atoms with Crippen molar-refractivity contribution in [2.24, 2.45) is 5.92 Å². The van der Waals surface area contributed by atoms with Crippen LogP contribution in [0.1, 0.15) is 35.3 Å². The number of ketones is 1. The van der Waals surface area contributed by atoms with Crippen LogP contribution in [0.15, 0.2) is 46.9 Å². The molecule has 0 saturated heterocycles. The first-order valence-electron chi connectivity index (χ1n) is 6.56. The van der Waals surface area contributed by atoms with Crippen LogP contribution in [0.4, 0.5) is 4.39 Å². The topological polar surface area (TPSA) is 17.1 Å². The Bertz CT molecular complexity index is 617. The van der Waals surface area contributed by atoms with Crippen molar-refractivity contribution in [2.45, 2.75) is 20.3 Å². The maximum atomic E-state index is 13.7. The molecule has 0 heterocycles. The molecule has 0 aliphatic heterocycles. The fourth-order valence-electron chi connectivity index (χ4n) is 2.09. The molecule has 0 atom stereocenters. The number of hydrogen-bond donors (Lipinski definition) is 0. The van der Waals surface area contributed by atoms with E-state index in [0.29, 0.717) is 16.0 Å². The van der Waals surface area contributed by atoms with E-state index in [1.165, 1.54) is 17.7 Å². The van der Waals surface area contributed by atoms with Crippen molar-refractivity contribution >= 4 is 21.7 Å². The summed E-state index contributed by atoms with van der Waals surface area (Å²) in [6.07, 6.45) is 0.972. The zero-order valence-electron chi connectivity index (χ0n) is 11.5. The molecular weight excluding hydrogens is 319 g/mol. The Kier molecular flexibility index (Phi) is 4.71. The smallest absolute Gasteiger partial charge is 0.196 e. The van der Waals surface area contributed by atoms with Crippen LogP contribution in [0.2, 0.25) is 0 Å². The van der Waals surface area contributed by atoms with E-state index in [2.05, 4.69) is 29.8 Å². The van der Waals surface area contributed by atoms with Gasteiger partial charge in [0.05, 0.1) is 5.56 Å². The summed E-state index contributed by atoms with van der Waals surface area (Å²) < 4.78 is 14.4. The highest BCUT2D eigenvalue weighted by Crippen LogP contribution is 2.19. The Balaban J connectivity index is 2.27. The Morgan fingerprint density at radius 3 is 2.40 bits per heavy atom. The molecule has 3 heteroatoms. The van der Waals surface area contributed by atoms with Gasteiger partial charge in [-0.2, -0.15) is 0 Å². The fraction of sp³-hybridized carbons (Fsp3) is 0.235. The molecule has 0 unspecified atom stereocenters. The molecule has 2 aromatic carbocycles. The van der Waals surface area contributed by atoms with E-state index in [1.54, 1.807) is 18.2 Å². The van der Waals surface area contributed by atoms with E-state index in [0.717, 1.165) is 6.42 Å². The van der Waals surface area contributed by atoms with E-state index in [1.807, 2.05) is 12.1 Å². The van der Waals surface area contributed by atoms with E-state index in [9.17, 15) is 9.18 Å². The van der Waals surface area contributed by atoms with Gasteiger partial charge in [0.25, 0.3) is 0 Å². The van der Waals surface area contributed by atoms with Crippen molar-refractivity contribution < 1.29 is 9.18 Å². The van der Waals surface area contributed by atoms with E-state index in [4.69, 9.17) is 0 Å². The molecule has 0 aliphatic carbocycles. The van der Waals surface area contributed by atoms with Gasteiger partial charge >= 0.3 is 0 Å². The highest BCUT2D eigenvalue weighted by atomic mass is 79.9. The largest absolute Gasteiger partial charge is 0.288 e. The number of rotatable bonds is 4. The molecular formula is C17H16BrFO. The van der Waals surface area contributed by atoms with Crippen LogP contribution in [0.5, 0.6) is 0 Å². The standard InChI is InChI=1S/C17H16BrFO/c1-11(2)9-12-3-5-13(6-4-12)17(20)15-10-14(18)7-8-16(15)19/h3-8,10-11H,9H2,1-2H3. The fourth-order valence-corrected chi connectivity index (χ4v) is 2.45. The third-order valence-corrected chi connectivity index (χ3v) is 3.53. The van der Waals surface area contributed by atoms with Gasteiger partial charge in [0.1, 0.15) is 5.82 Å². The normalized spacial score (nSPS) is 10.8. The van der Waals surface area contributed by atoms with E-state index >= 15 is 0 Å². The Morgan fingerprint density at radius 2 is 1.80 bits per heavy atom. The molecule has 0 fully saturated rings. The minimum Gasteiger partial charge on any atom is -0.288 e. The Labute approximate surface area is 127 Å². The maximum Gasteiger partial charge on any atom is 0.196 e. The van der Waals surface area contributed by atoms with Crippen LogP contribution < -0.4 is 0 Å². The minimum atomic E-state index is -0.496. The predicted molar refractivity (Wildman–Crippen MR) is 82.5 cm³/mol. The summed E-state index contributed by atoms with van der Waals surface area (Å²) in [5.41, 5.74) is 1.79. The van der Waals surface area contributed by atoms with Crippen LogP contribution in [0.25, 0.3) is 0 Å². The number of halogens is 2. The first-order chi connectivity index (χ1) is 9.47. The van der Waals surface area contributed by atoms with E-state index < -0.39 is 5.82 Å². The van der Waals surface area contributed by atoms with Gasteiger partial charge in [-0.3, -0.25) is 4.79 Å². The summed E-state index contributed by atoms with van der Waals surface area (Å²) >= 11 is 3.26. The number of benzene rings is 2. The maximum absolute atomic E-state index is 13.7. The zero-order valence-corrected chi connectivity index (χ0v) is 13.1. The Morgan fingerprint density at radius 1 is 1.15 bits per heavy atom. The van der Waals surface area contributed by atoms with Gasteiger partial charge in [0.2, 0.25) is 0 Å². The quantitative estimate of drug-likeness (QED) is 0.717. The lowest BCUT2D eigenvalue weighted by molar-refractivity contribution is 0.103. The first kappa shape index (κ1) is 14.9. The predicted octanol–water partition coefficient (Wildman–Crippen LogP) is 5.02. The lowest BCUT2D eigenvalue weighted by Gasteiger charge is -2.07. The molecule has 0 radical (unpaired) electrons. The SMILES string of the molecule is CC(C)Cc1ccc(C(=O)c2cc(Br)ccc2F)cc1. The van der Waals surface area contributed by atoms with Crippen LogP contribution in [-0.4, -0.2) is 5.78 Å². The molecule has 0 saturated carbocycles. The van der Waals surface area contributed by atoms with Crippen molar-refractivity contribution in [2.75, 3.05) is 0 Å². The monoisotopic (exact) mass is 334 g/mol. The minimum absolute atomic E-state index is 0.0935. The summed E-state index contributed by atoms with van der Waals surface area (Å²) in [5.74, 6) is -0.219. The van der Waals surface area contributed by atoms with Crippen molar-refractivity contribution in [3.05, 3.63) is 69.4 Å². The van der Waals surface area contributed by atoms with Gasteiger partial charge in [-0.15, -0.1) is 0 Å². The zero-order chi connectivity index (χ0) is 14.7. The van der Waals surface area contributed by atoms with Crippen LogP contribution in [0, 0.1) is 11.7 Å². The van der Waals surface area contributed by atoms with Gasteiger partial charge in [-0.25, -0.2) is 4.39 Å². The second-order valence-corrected chi connectivity index (χ2v) is 6.16. The van der Waals surface area contributed by atoms with Gasteiger partial charge in [0, 0.05) is 10.0 Å². The summed E-state index contributed by atoms with van der Waals surface area (Å²) in [4.78, 5) is 12.3. The van der Waals surface area contributed by atoms with E-state index in [-0.39, 0.29) is 11.3 Å². The Hall–Kier alpha value is -1.48. The third-order valence-electron chi connectivity index (χ3n) is 3.03. The third kappa shape index (κ3) is 3.54. The number of carbonyl (C=O) groups is 1.